The zero-order chi connectivity index (χ0) is 17.9. The van der Waals surface area contributed by atoms with Crippen molar-refractivity contribution in [1.29, 1.82) is 0 Å². The van der Waals surface area contributed by atoms with Gasteiger partial charge >= 0.3 is 0 Å². The molecule has 7 nitrogen and oxygen atoms in total. The zero-order valence-electron chi connectivity index (χ0n) is 15.2. The molecule has 2 aliphatic heterocycles. The Bertz CT molecular complexity index is 745. The topological polar surface area (TPSA) is 69.6 Å². The summed E-state index contributed by atoms with van der Waals surface area (Å²) >= 11 is 0. The van der Waals surface area contributed by atoms with E-state index in [0.717, 1.165) is 43.1 Å². The molecule has 1 saturated heterocycles. The van der Waals surface area contributed by atoms with E-state index in [9.17, 15) is 0 Å². The van der Waals surface area contributed by atoms with Gasteiger partial charge in [-0.3, -0.25) is 9.88 Å². The molecule has 0 aromatic carbocycles. The minimum absolute atomic E-state index is 0.184. The van der Waals surface area contributed by atoms with Crippen molar-refractivity contribution in [3.05, 3.63) is 35.9 Å². The Morgan fingerprint density at radius 1 is 1.12 bits per heavy atom. The lowest BCUT2D eigenvalue weighted by molar-refractivity contribution is 0.0750. The number of hydrogen-bond acceptors (Lipinski definition) is 7. The second-order valence-corrected chi connectivity index (χ2v) is 6.76. The summed E-state index contributed by atoms with van der Waals surface area (Å²) in [6.07, 6.45) is 5.54. The number of ether oxygens (including phenoxy) is 3. The van der Waals surface area contributed by atoms with Crippen LogP contribution in [0, 0.1) is 6.92 Å². The highest BCUT2D eigenvalue weighted by Crippen LogP contribution is 2.31. The first-order valence-electron chi connectivity index (χ1n) is 9.15. The third-order valence-corrected chi connectivity index (χ3v) is 4.92. The Kier molecular flexibility index (Phi) is 4.88. The summed E-state index contributed by atoms with van der Waals surface area (Å²) in [7, 11) is 0. The van der Waals surface area contributed by atoms with Crippen LogP contribution in [-0.2, 0) is 0 Å². The molecular weight excluding hydrogens is 332 g/mol. The fourth-order valence-corrected chi connectivity index (χ4v) is 3.36. The van der Waals surface area contributed by atoms with E-state index >= 15 is 0 Å². The van der Waals surface area contributed by atoms with Crippen LogP contribution in [0.15, 0.2) is 24.5 Å². The molecular formula is C19H24N4O3. The zero-order valence-corrected chi connectivity index (χ0v) is 15.2. The van der Waals surface area contributed by atoms with Crippen molar-refractivity contribution in [3.8, 4) is 17.5 Å². The van der Waals surface area contributed by atoms with Crippen molar-refractivity contribution in [1.82, 2.24) is 19.9 Å². The molecule has 1 atom stereocenters. The van der Waals surface area contributed by atoms with E-state index in [-0.39, 0.29) is 12.1 Å². The van der Waals surface area contributed by atoms with Crippen molar-refractivity contribution < 1.29 is 14.2 Å². The predicted molar refractivity (Wildman–Crippen MR) is 95.6 cm³/mol. The van der Waals surface area contributed by atoms with E-state index in [2.05, 4.69) is 26.8 Å². The Labute approximate surface area is 153 Å². The Morgan fingerprint density at radius 3 is 2.69 bits per heavy atom. The minimum atomic E-state index is 0.184. The predicted octanol–water partition coefficient (Wildman–Crippen LogP) is 2.56. The van der Waals surface area contributed by atoms with Crippen molar-refractivity contribution in [2.45, 2.75) is 38.8 Å². The monoisotopic (exact) mass is 356 g/mol. The van der Waals surface area contributed by atoms with Gasteiger partial charge in [-0.1, -0.05) is 0 Å². The summed E-state index contributed by atoms with van der Waals surface area (Å²) < 4.78 is 17.1. The van der Waals surface area contributed by atoms with Gasteiger partial charge in [0.25, 0.3) is 5.88 Å². The molecule has 2 aliphatic rings. The molecule has 0 N–H and O–H groups in total. The number of aromatic nitrogens is 3. The van der Waals surface area contributed by atoms with Crippen LogP contribution in [-0.4, -0.2) is 52.3 Å². The summed E-state index contributed by atoms with van der Waals surface area (Å²) in [5.74, 6) is 1.95. The number of likely N-dealkylation sites (tertiary alicyclic amines) is 1. The maximum absolute atomic E-state index is 5.97. The maximum atomic E-state index is 5.97. The molecule has 0 bridgehead atoms. The van der Waals surface area contributed by atoms with E-state index < -0.39 is 0 Å². The van der Waals surface area contributed by atoms with E-state index in [1.165, 1.54) is 0 Å². The van der Waals surface area contributed by atoms with Gasteiger partial charge in [-0.15, -0.1) is 0 Å². The summed E-state index contributed by atoms with van der Waals surface area (Å²) in [4.78, 5) is 15.6. The molecule has 2 aromatic heterocycles. The highest BCUT2D eigenvalue weighted by Gasteiger charge is 2.26. The number of hydrogen-bond donors (Lipinski definition) is 0. The standard InChI is InChI=1S/C19H24N4O3/c1-13-11-21-18(12-20-13)26-15-5-7-23(8-6-15)14(2)16-3-4-17-19(22-16)25-10-9-24-17/h3-4,11-12,14-15H,5-10H2,1-2H3. The first-order chi connectivity index (χ1) is 12.7. The quantitative estimate of drug-likeness (QED) is 0.834. The van der Waals surface area contributed by atoms with Gasteiger partial charge in [0.05, 0.1) is 23.8 Å². The molecule has 26 heavy (non-hydrogen) atoms. The Balaban J connectivity index is 1.34. The van der Waals surface area contributed by atoms with Crippen molar-refractivity contribution in [3.63, 3.8) is 0 Å². The molecule has 2 aromatic rings. The maximum Gasteiger partial charge on any atom is 0.257 e. The van der Waals surface area contributed by atoms with E-state index in [1.54, 1.807) is 12.4 Å². The molecule has 1 fully saturated rings. The second kappa shape index (κ2) is 7.45. The molecule has 4 rings (SSSR count). The Hall–Kier alpha value is -2.41. The summed E-state index contributed by atoms with van der Waals surface area (Å²) in [5, 5.41) is 0. The van der Waals surface area contributed by atoms with Crippen molar-refractivity contribution in [2.24, 2.45) is 0 Å². The smallest absolute Gasteiger partial charge is 0.257 e. The SMILES string of the molecule is Cc1cnc(OC2CCN(C(C)c3ccc4c(n3)OCCO4)CC2)cn1. The number of pyridine rings is 1. The third-order valence-electron chi connectivity index (χ3n) is 4.92. The molecule has 4 heterocycles. The number of fused-ring (bicyclic) bond motifs is 1. The van der Waals surface area contributed by atoms with Crippen molar-refractivity contribution >= 4 is 0 Å². The minimum Gasteiger partial charge on any atom is -0.484 e. The molecule has 0 spiro atoms. The molecule has 138 valence electrons. The molecule has 0 amide bonds. The van der Waals surface area contributed by atoms with Crippen LogP contribution in [0.5, 0.6) is 17.5 Å². The van der Waals surface area contributed by atoms with Gasteiger partial charge in [-0.05, 0) is 38.8 Å². The van der Waals surface area contributed by atoms with Gasteiger partial charge in [0, 0.05) is 19.1 Å². The summed E-state index contributed by atoms with van der Waals surface area (Å²) in [6, 6.07) is 4.22. The average Bonchev–Trinajstić information content (AvgIpc) is 2.69. The fraction of sp³-hybridized carbons (Fsp3) is 0.526. The van der Waals surface area contributed by atoms with Crippen LogP contribution in [0.4, 0.5) is 0 Å². The summed E-state index contributed by atoms with van der Waals surface area (Å²) in [5.41, 5.74) is 1.91. The van der Waals surface area contributed by atoms with Crippen LogP contribution in [0.3, 0.4) is 0 Å². The van der Waals surface area contributed by atoms with E-state index in [4.69, 9.17) is 14.2 Å². The lowest BCUT2D eigenvalue weighted by Gasteiger charge is -2.35. The number of nitrogens with zero attached hydrogens (tertiary/aromatic N) is 4. The van der Waals surface area contributed by atoms with E-state index in [0.29, 0.717) is 25.0 Å². The van der Waals surface area contributed by atoms with Gasteiger partial charge in [0.15, 0.2) is 5.75 Å². The van der Waals surface area contributed by atoms with Crippen LogP contribution in [0.25, 0.3) is 0 Å². The fourth-order valence-electron chi connectivity index (χ4n) is 3.36. The summed E-state index contributed by atoms with van der Waals surface area (Å²) in [6.45, 7) is 7.17. The van der Waals surface area contributed by atoms with Gasteiger partial charge in [-0.25, -0.2) is 9.97 Å². The highest BCUT2D eigenvalue weighted by molar-refractivity contribution is 5.36. The van der Waals surface area contributed by atoms with E-state index in [1.807, 2.05) is 19.1 Å². The highest BCUT2D eigenvalue weighted by atomic mass is 16.6. The van der Waals surface area contributed by atoms with Gasteiger partial charge in [-0.2, -0.15) is 0 Å². The number of piperidine rings is 1. The average molecular weight is 356 g/mol. The van der Waals surface area contributed by atoms with Gasteiger partial charge < -0.3 is 14.2 Å². The van der Waals surface area contributed by atoms with Crippen LogP contribution >= 0.6 is 0 Å². The van der Waals surface area contributed by atoms with Gasteiger partial charge in [0.1, 0.15) is 19.3 Å². The van der Waals surface area contributed by atoms with Crippen LogP contribution < -0.4 is 14.2 Å². The largest absolute Gasteiger partial charge is 0.484 e. The molecule has 0 aliphatic carbocycles. The first kappa shape index (κ1) is 17.0. The molecule has 1 unspecified atom stereocenters. The lowest BCUT2D eigenvalue weighted by atomic mass is 10.0. The molecule has 7 heteroatoms. The normalized spacial score (nSPS) is 19.2. The first-order valence-corrected chi connectivity index (χ1v) is 9.15. The second-order valence-electron chi connectivity index (χ2n) is 6.76. The number of aryl methyl sites for hydroxylation is 1. The van der Waals surface area contributed by atoms with Crippen LogP contribution in [0.2, 0.25) is 0 Å². The van der Waals surface area contributed by atoms with Crippen molar-refractivity contribution in [2.75, 3.05) is 26.3 Å². The van der Waals surface area contributed by atoms with Crippen LogP contribution in [0.1, 0.15) is 37.2 Å². The molecule has 0 saturated carbocycles. The molecule has 0 radical (unpaired) electrons. The lowest BCUT2D eigenvalue weighted by Crippen LogP contribution is -2.40. The van der Waals surface area contributed by atoms with Gasteiger partial charge in [0.2, 0.25) is 5.88 Å². The third kappa shape index (κ3) is 3.72. The Morgan fingerprint density at radius 2 is 1.92 bits per heavy atom. The number of rotatable bonds is 4.